The molecular weight excluding hydrogens is 310 g/mol. The number of benzene rings is 1. The Morgan fingerprint density at radius 1 is 1.17 bits per heavy atom. The van der Waals surface area contributed by atoms with Gasteiger partial charge >= 0.3 is 5.97 Å². The van der Waals surface area contributed by atoms with Crippen molar-refractivity contribution in [2.75, 3.05) is 19.8 Å². The summed E-state index contributed by atoms with van der Waals surface area (Å²) >= 11 is 0. The van der Waals surface area contributed by atoms with E-state index < -0.39 is 5.97 Å². The number of esters is 1. The number of hydrogen-bond acceptors (Lipinski definition) is 5. The lowest BCUT2D eigenvalue weighted by Crippen LogP contribution is -2.37. The number of rotatable bonds is 9. The van der Waals surface area contributed by atoms with Gasteiger partial charge in [0, 0.05) is 6.04 Å². The van der Waals surface area contributed by atoms with E-state index in [4.69, 9.17) is 14.2 Å². The molecule has 1 fully saturated rings. The molecule has 1 amide bonds. The molecule has 0 aromatic heterocycles. The van der Waals surface area contributed by atoms with Crippen LogP contribution in [0.15, 0.2) is 18.2 Å². The number of hydrogen-bond donors (Lipinski definition) is 1. The summed E-state index contributed by atoms with van der Waals surface area (Å²) in [6.45, 7) is 6.37. The molecule has 24 heavy (non-hydrogen) atoms. The van der Waals surface area contributed by atoms with Gasteiger partial charge < -0.3 is 19.5 Å². The Kier molecular flexibility index (Phi) is 6.46. The number of nitrogens with one attached hydrogen (secondary N) is 1. The van der Waals surface area contributed by atoms with Crippen LogP contribution in [0.25, 0.3) is 0 Å². The second-order valence-electron chi connectivity index (χ2n) is 5.80. The zero-order valence-electron chi connectivity index (χ0n) is 14.5. The summed E-state index contributed by atoms with van der Waals surface area (Å²) in [5.74, 6) is 0.781. The van der Waals surface area contributed by atoms with E-state index in [2.05, 4.69) is 5.32 Å². The van der Waals surface area contributed by atoms with E-state index in [9.17, 15) is 9.59 Å². The Bertz CT molecular complexity index is 583. The monoisotopic (exact) mass is 335 g/mol. The molecule has 0 aliphatic heterocycles. The van der Waals surface area contributed by atoms with E-state index >= 15 is 0 Å². The van der Waals surface area contributed by atoms with Gasteiger partial charge in [0.2, 0.25) is 0 Å². The fourth-order valence-electron chi connectivity index (χ4n) is 2.40. The third-order valence-corrected chi connectivity index (χ3v) is 3.83. The van der Waals surface area contributed by atoms with Gasteiger partial charge in [-0.2, -0.15) is 0 Å². The van der Waals surface area contributed by atoms with Gasteiger partial charge in [0.1, 0.15) is 0 Å². The molecule has 2 rings (SSSR count). The summed E-state index contributed by atoms with van der Waals surface area (Å²) in [5.41, 5.74) is 0.324. The van der Waals surface area contributed by atoms with Gasteiger partial charge in [0.05, 0.1) is 18.8 Å². The molecule has 132 valence electrons. The maximum Gasteiger partial charge on any atom is 0.338 e. The third kappa shape index (κ3) is 5.15. The van der Waals surface area contributed by atoms with Crippen molar-refractivity contribution in [1.29, 1.82) is 0 Å². The van der Waals surface area contributed by atoms with Gasteiger partial charge in [-0.15, -0.1) is 0 Å². The molecule has 6 nitrogen and oxygen atoms in total. The van der Waals surface area contributed by atoms with E-state index in [1.54, 1.807) is 18.2 Å². The van der Waals surface area contributed by atoms with Gasteiger partial charge in [-0.1, -0.05) is 0 Å². The van der Waals surface area contributed by atoms with Crippen molar-refractivity contribution >= 4 is 11.9 Å². The Hall–Kier alpha value is -2.24. The SMILES string of the molecule is CCOc1ccc(C(=O)OCC(=O)N[C@@H](C)C2CC2)cc1OCC. The maximum atomic E-state index is 12.1. The minimum absolute atomic E-state index is 0.131. The highest BCUT2D eigenvalue weighted by atomic mass is 16.5. The lowest BCUT2D eigenvalue weighted by molar-refractivity contribution is -0.124. The van der Waals surface area contributed by atoms with Crippen LogP contribution in [0, 0.1) is 5.92 Å². The van der Waals surface area contributed by atoms with E-state index in [-0.39, 0.29) is 18.6 Å². The largest absolute Gasteiger partial charge is 0.490 e. The summed E-state index contributed by atoms with van der Waals surface area (Å²) in [7, 11) is 0. The molecule has 1 aliphatic carbocycles. The normalized spacial score (nSPS) is 14.6. The highest BCUT2D eigenvalue weighted by molar-refractivity contribution is 5.92. The molecule has 1 N–H and O–H groups in total. The van der Waals surface area contributed by atoms with Crippen LogP contribution in [-0.2, 0) is 9.53 Å². The van der Waals surface area contributed by atoms with E-state index in [1.807, 2.05) is 20.8 Å². The first-order chi connectivity index (χ1) is 11.5. The van der Waals surface area contributed by atoms with E-state index in [0.29, 0.717) is 36.2 Å². The van der Waals surface area contributed by atoms with Crippen LogP contribution in [0.3, 0.4) is 0 Å². The van der Waals surface area contributed by atoms with Gasteiger partial charge in [-0.25, -0.2) is 4.79 Å². The molecule has 0 saturated heterocycles. The minimum Gasteiger partial charge on any atom is -0.490 e. The standard InChI is InChI=1S/C18H25NO5/c1-4-22-15-9-8-14(10-16(15)23-5-2)18(21)24-11-17(20)19-12(3)13-6-7-13/h8-10,12-13H,4-7,11H2,1-3H3,(H,19,20)/t12-/m0/s1. The van der Waals surface area contributed by atoms with Crippen molar-refractivity contribution in [2.24, 2.45) is 5.92 Å². The smallest absolute Gasteiger partial charge is 0.338 e. The Balaban J connectivity index is 1.90. The maximum absolute atomic E-state index is 12.1. The van der Waals surface area contributed by atoms with Crippen molar-refractivity contribution in [3.63, 3.8) is 0 Å². The van der Waals surface area contributed by atoms with Crippen molar-refractivity contribution in [2.45, 2.75) is 39.7 Å². The predicted molar refractivity (Wildman–Crippen MR) is 89.4 cm³/mol. The summed E-state index contributed by atoms with van der Waals surface area (Å²) in [5, 5.41) is 2.85. The molecule has 0 radical (unpaired) electrons. The van der Waals surface area contributed by atoms with Crippen LogP contribution in [-0.4, -0.2) is 37.7 Å². The number of carbonyl (C=O) groups is 2. The zero-order valence-corrected chi connectivity index (χ0v) is 14.5. The van der Waals surface area contributed by atoms with Crippen molar-refractivity contribution in [3.05, 3.63) is 23.8 Å². The summed E-state index contributed by atoms with van der Waals surface area (Å²) < 4.78 is 16.0. The van der Waals surface area contributed by atoms with Crippen LogP contribution in [0.1, 0.15) is 44.0 Å². The first-order valence-corrected chi connectivity index (χ1v) is 8.41. The molecule has 0 spiro atoms. The first-order valence-electron chi connectivity index (χ1n) is 8.41. The lowest BCUT2D eigenvalue weighted by Gasteiger charge is -2.14. The number of carbonyl (C=O) groups excluding carboxylic acids is 2. The molecule has 6 heteroatoms. The van der Waals surface area contributed by atoms with Crippen molar-refractivity contribution in [3.8, 4) is 11.5 Å². The Morgan fingerprint density at radius 2 is 1.83 bits per heavy atom. The molecule has 0 unspecified atom stereocenters. The molecule has 1 aromatic rings. The van der Waals surface area contributed by atoms with Crippen molar-refractivity contribution in [1.82, 2.24) is 5.32 Å². The van der Waals surface area contributed by atoms with Gasteiger partial charge in [0.15, 0.2) is 18.1 Å². The van der Waals surface area contributed by atoms with Crippen LogP contribution in [0.2, 0.25) is 0 Å². The lowest BCUT2D eigenvalue weighted by atomic mass is 10.2. The second-order valence-corrected chi connectivity index (χ2v) is 5.80. The highest BCUT2D eigenvalue weighted by Gasteiger charge is 2.29. The fraction of sp³-hybridized carbons (Fsp3) is 0.556. The van der Waals surface area contributed by atoms with Gasteiger partial charge in [-0.05, 0) is 57.7 Å². The first kappa shape index (κ1) is 18.1. The summed E-state index contributed by atoms with van der Waals surface area (Å²) in [6.07, 6.45) is 2.29. The molecule has 1 saturated carbocycles. The van der Waals surface area contributed by atoms with Crippen LogP contribution >= 0.6 is 0 Å². The average molecular weight is 335 g/mol. The third-order valence-electron chi connectivity index (χ3n) is 3.83. The predicted octanol–water partition coefficient (Wildman–Crippen LogP) is 2.56. The Morgan fingerprint density at radius 3 is 2.46 bits per heavy atom. The average Bonchev–Trinajstić information content (AvgIpc) is 3.39. The zero-order chi connectivity index (χ0) is 17.5. The number of ether oxygens (including phenoxy) is 3. The molecule has 0 bridgehead atoms. The fourth-order valence-corrected chi connectivity index (χ4v) is 2.40. The highest BCUT2D eigenvalue weighted by Crippen LogP contribution is 2.32. The van der Waals surface area contributed by atoms with Crippen LogP contribution in [0.5, 0.6) is 11.5 Å². The van der Waals surface area contributed by atoms with E-state index in [1.165, 1.54) is 0 Å². The van der Waals surface area contributed by atoms with Crippen LogP contribution in [0.4, 0.5) is 0 Å². The molecular formula is C18H25NO5. The molecule has 1 aliphatic rings. The molecule has 1 atom stereocenters. The molecule has 1 aromatic carbocycles. The topological polar surface area (TPSA) is 73.9 Å². The van der Waals surface area contributed by atoms with Gasteiger partial charge in [0.25, 0.3) is 5.91 Å². The summed E-state index contributed by atoms with van der Waals surface area (Å²) in [4.78, 5) is 23.9. The van der Waals surface area contributed by atoms with Crippen molar-refractivity contribution < 1.29 is 23.8 Å². The van der Waals surface area contributed by atoms with Gasteiger partial charge in [-0.3, -0.25) is 4.79 Å². The molecule has 0 heterocycles. The summed E-state index contributed by atoms with van der Waals surface area (Å²) in [6, 6.07) is 4.97. The van der Waals surface area contributed by atoms with E-state index in [0.717, 1.165) is 12.8 Å². The minimum atomic E-state index is -0.562. The second kappa shape index (κ2) is 8.57. The number of amides is 1. The quantitative estimate of drug-likeness (QED) is 0.702. The Labute approximate surface area is 142 Å². The van der Waals surface area contributed by atoms with Crippen LogP contribution < -0.4 is 14.8 Å².